The summed E-state index contributed by atoms with van der Waals surface area (Å²) in [4.78, 5) is 1.31. The first kappa shape index (κ1) is 16.2. The number of hydrogen-bond donors (Lipinski definition) is 1. The van der Waals surface area contributed by atoms with E-state index in [1.54, 1.807) is 19.2 Å². The SMILES string of the molecule is CCOc1ccc(S(=O)(=O)Nc2nnn(C)n2)cc1C(C)C. The molecule has 0 radical (unpaired) electrons. The van der Waals surface area contributed by atoms with Gasteiger partial charge in [0.05, 0.1) is 18.6 Å². The Balaban J connectivity index is 2.36. The molecule has 1 aromatic heterocycles. The van der Waals surface area contributed by atoms with Gasteiger partial charge >= 0.3 is 0 Å². The van der Waals surface area contributed by atoms with Crippen LogP contribution in [0.2, 0.25) is 0 Å². The van der Waals surface area contributed by atoms with Crippen LogP contribution < -0.4 is 9.46 Å². The topological polar surface area (TPSA) is 99.0 Å². The van der Waals surface area contributed by atoms with Gasteiger partial charge < -0.3 is 4.74 Å². The molecule has 2 aromatic rings. The average molecular weight is 325 g/mol. The van der Waals surface area contributed by atoms with Crippen LogP contribution in [0.3, 0.4) is 0 Å². The second kappa shape index (κ2) is 6.30. The summed E-state index contributed by atoms with van der Waals surface area (Å²) < 4.78 is 32.6. The summed E-state index contributed by atoms with van der Waals surface area (Å²) in [5.41, 5.74) is 0.830. The number of sulfonamides is 1. The fraction of sp³-hybridized carbons (Fsp3) is 0.462. The van der Waals surface area contributed by atoms with Gasteiger partial charge in [-0.2, -0.15) is 4.80 Å². The number of aryl methyl sites for hydroxylation is 1. The predicted molar refractivity (Wildman–Crippen MR) is 81.3 cm³/mol. The van der Waals surface area contributed by atoms with Gasteiger partial charge in [0, 0.05) is 0 Å². The lowest BCUT2D eigenvalue weighted by atomic mass is 10.0. The lowest BCUT2D eigenvalue weighted by Crippen LogP contribution is -2.15. The Labute approximate surface area is 129 Å². The monoisotopic (exact) mass is 325 g/mol. The van der Waals surface area contributed by atoms with Gasteiger partial charge in [0.15, 0.2) is 0 Å². The van der Waals surface area contributed by atoms with E-state index >= 15 is 0 Å². The first-order valence-electron chi connectivity index (χ1n) is 6.87. The predicted octanol–water partition coefficient (Wildman–Crippen LogP) is 1.53. The van der Waals surface area contributed by atoms with E-state index in [-0.39, 0.29) is 16.8 Å². The van der Waals surface area contributed by atoms with E-state index in [1.807, 2.05) is 20.8 Å². The maximum atomic E-state index is 12.4. The highest BCUT2D eigenvalue weighted by Gasteiger charge is 2.19. The van der Waals surface area contributed by atoms with Gasteiger partial charge in [-0.3, -0.25) is 0 Å². The minimum atomic E-state index is -3.77. The Kier molecular flexibility index (Phi) is 4.65. The average Bonchev–Trinajstić information content (AvgIpc) is 2.83. The van der Waals surface area contributed by atoms with Crippen molar-refractivity contribution in [3.8, 4) is 5.75 Å². The van der Waals surface area contributed by atoms with Crippen LogP contribution in [-0.2, 0) is 17.1 Å². The van der Waals surface area contributed by atoms with Gasteiger partial charge in [-0.05, 0) is 41.8 Å². The maximum Gasteiger partial charge on any atom is 0.277 e. The normalized spacial score (nSPS) is 11.7. The van der Waals surface area contributed by atoms with Crippen molar-refractivity contribution in [2.24, 2.45) is 7.05 Å². The summed E-state index contributed by atoms with van der Waals surface area (Å²) in [6.07, 6.45) is 0. The number of aromatic nitrogens is 4. The van der Waals surface area contributed by atoms with Gasteiger partial charge in [-0.15, -0.1) is 5.10 Å². The third-order valence-electron chi connectivity index (χ3n) is 2.95. The lowest BCUT2D eigenvalue weighted by molar-refractivity contribution is 0.335. The number of ether oxygens (including phenoxy) is 1. The highest BCUT2D eigenvalue weighted by molar-refractivity contribution is 7.92. The molecule has 0 aliphatic carbocycles. The zero-order valence-electron chi connectivity index (χ0n) is 12.9. The van der Waals surface area contributed by atoms with Crippen LogP contribution in [0.15, 0.2) is 23.1 Å². The van der Waals surface area contributed by atoms with Crippen molar-refractivity contribution < 1.29 is 13.2 Å². The van der Waals surface area contributed by atoms with Crippen molar-refractivity contribution in [2.75, 3.05) is 11.3 Å². The van der Waals surface area contributed by atoms with Crippen LogP contribution in [0.1, 0.15) is 32.3 Å². The number of tetrazole rings is 1. The standard InChI is InChI=1S/C13H19N5O3S/c1-5-21-12-7-6-10(8-11(12)9(2)3)22(19,20)16-13-14-17-18(4)15-13/h6-9H,5H2,1-4H3,(H,15,16). The van der Waals surface area contributed by atoms with Gasteiger partial charge in [0.25, 0.3) is 16.0 Å². The van der Waals surface area contributed by atoms with Crippen molar-refractivity contribution in [2.45, 2.75) is 31.6 Å². The number of hydrogen-bond acceptors (Lipinski definition) is 6. The highest BCUT2D eigenvalue weighted by Crippen LogP contribution is 2.29. The third-order valence-corrected chi connectivity index (χ3v) is 4.27. The number of anilines is 1. The Morgan fingerprint density at radius 2 is 2.09 bits per heavy atom. The molecule has 1 N–H and O–H groups in total. The molecule has 0 amide bonds. The molecule has 0 spiro atoms. The number of benzene rings is 1. The zero-order valence-corrected chi connectivity index (χ0v) is 13.8. The van der Waals surface area contributed by atoms with Gasteiger partial charge in [0.1, 0.15) is 5.75 Å². The second-order valence-electron chi connectivity index (χ2n) is 5.00. The van der Waals surface area contributed by atoms with E-state index < -0.39 is 10.0 Å². The number of rotatable bonds is 6. The summed E-state index contributed by atoms with van der Waals surface area (Å²) >= 11 is 0. The van der Waals surface area contributed by atoms with E-state index in [0.717, 1.165) is 5.56 Å². The molecule has 0 bridgehead atoms. The van der Waals surface area contributed by atoms with Crippen molar-refractivity contribution in [3.05, 3.63) is 23.8 Å². The minimum Gasteiger partial charge on any atom is -0.494 e. The van der Waals surface area contributed by atoms with Crippen LogP contribution in [0.25, 0.3) is 0 Å². The molecule has 9 heteroatoms. The summed E-state index contributed by atoms with van der Waals surface area (Å²) in [5, 5.41) is 11.0. The molecule has 0 saturated carbocycles. The van der Waals surface area contributed by atoms with Crippen molar-refractivity contribution in [3.63, 3.8) is 0 Å². The van der Waals surface area contributed by atoms with Crippen molar-refractivity contribution in [1.29, 1.82) is 0 Å². The largest absolute Gasteiger partial charge is 0.494 e. The van der Waals surface area contributed by atoms with Crippen molar-refractivity contribution in [1.82, 2.24) is 20.2 Å². The zero-order chi connectivity index (χ0) is 16.3. The second-order valence-corrected chi connectivity index (χ2v) is 6.68. The lowest BCUT2D eigenvalue weighted by Gasteiger charge is -2.15. The maximum absolute atomic E-state index is 12.4. The minimum absolute atomic E-state index is 0.0671. The molecular weight excluding hydrogens is 306 g/mol. The molecule has 8 nitrogen and oxygen atoms in total. The molecule has 2 rings (SSSR count). The number of nitrogens with one attached hydrogen (secondary N) is 1. The molecule has 0 atom stereocenters. The Morgan fingerprint density at radius 3 is 2.64 bits per heavy atom. The van der Waals surface area contributed by atoms with E-state index in [2.05, 4.69) is 20.1 Å². The quantitative estimate of drug-likeness (QED) is 0.865. The first-order chi connectivity index (χ1) is 10.3. The van der Waals surface area contributed by atoms with Gasteiger partial charge in [0.2, 0.25) is 0 Å². The molecule has 1 heterocycles. The Hall–Kier alpha value is -2.16. The van der Waals surface area contributed by atoms with Crippen LogP contribution in [0.4, 0.5) is 5.95 Å². The molecule has 0 fully saturated rings. The molecular formula is C13H19N5O3S. The molecule has 0 aliphatic heterocycles. The smallest absolute Gasteiger partial charge is 0.277 e. The third kappa shape index (κ3) is 3.53. The van der Waals surface area contributed by atoms with E-state index in [9.17, 15) is 8.42 Å². The fourth-order valence-corrected chi connectivity index (χ4v) is 2.91. The molecule has 0 unspecified atom stereocenters. The summed E-state index contributed by atoms with van der Waals surface area (Å²) in [6, 6.07) is 4.77. The van der Waals surface area contributed by atoms with Crippen LogP contribution in [-0.4, -0.2) is 35.2 Å². The van der Waals surface area contributed by atoms with Gasteiger partial charge in [-0.1, -0.05) is 18.9 Å². The fourth-order valence-electron chi connectivity index (χ4n) is 1.94. The molecule has 0 aliphatic rings. The highest BCUT2D eigenvalue weighted by atomic mass is 32.2. The summed E-state index contributed by atoms with van der Waals surface area (Å²) in [6.45, 7) is 6.36. The molecule has 1 aromatic carbocycles. The van der Waals surface area contributed by atoms with Crippen LogP contribution in [0.5, 0.6) is 5.75 Å². The Morgan fingerprint density at radius 1 is 1.36 bits per heavy atom. The van der Waals surface area contributed by atoms with Crippen LogP contribution in [0, 0.1) is 0 Å². The van der Waals surface area contributed by atoms with Crippen LogP contribution >= 0.6 is 0 Å². The molecule has 0 saturated heterocycles. The number of nitrogens with zero attached hydrogens (tertiary/aromatic N) is 4. The summed E-state index contributed by atoms with van der Waals surface area (Å²) in [5.74, 6) is 0.753. The summed E-state index contributed by atoms with van der Waals surface area (Å²) in [7, 11) is -2.22. The van der Waals surface area contributed by atoms with E-state index in [0.29, 0.717) is 12.4 Å². The molecule has 22 heavy (non-hydrogen) atoms. The van der Waals surface area contributed by atoms with E-state index in [1.165, 1.54) is 10.9 Å². The Bertz CT molecular complexity index is 755. The molecule has 120 valence electrons. The van der Waals surface area contributed by atoms with E-state index in [4.69, 9.17) is 4.74 Å². The van der Waals surface area contributed by atoms with Crippen molar-refractivity contribution >= 4 is 16.0 Å². The van der Waals surface area contributed by atoms with Gasteiger partial charge in [-0.25, -0.2) is 13.1 Å². The first-order valence-corrected chi connectivity index (χ1v) is 8.35.